The fourth-order valence-corrected chi connectivity index (χ4v) is 4.34. The van der Waals surface area contributed by atoms with Crippen LogP contribution in [0.1, 0.15) is 87.1 Å². The van der Waals surface area contributed by atoms with Crippen molar-refractivity contribution in [3.05, 3.63) is 35.9 Å². The summed E-state index contributed by atoms with van der Waals surface area (Å²) >= 11 is 0. The Labute approximate surface area is 308 Å². The second-order valence-electron chi connectivity index (χ2n) is 14.3. The maximum absolute atomic E-state index is 13.7. The SMILES string of the molecule is CC(=O)C(=O)N(CC(=O)O)NC(=O)C(NC(=O)C(CCC(=O)OC(C)(C)C)NC(=O)C(CC(=O)OC(C)(C)C)NC(=O)OCc1ccccc1)C(C)C. The van der Waals surface area contributed by atoms with Gasteiger partial charge in [0.05, 0.1) is 6.42 Å². The molecule has 0 radical (unpaired) electrons. The third kappa shape index (κ3) is 18.5. The quantitative estimate of drug-likeness (QED) is 0.0653. The highest BCUT2D eigenvalue weighted by Gasteiger charge is 2.35. The van der Waals surface area contributed by atoms with Crippen molar-refractivity contribution in [2.24, 2.45) is 5.92 Å². The average Bonchev–Trinajstić information content (AvgIpc) is 3.01. The van der Waals surface area contributed by atoms with Crippen molar-refractivity contribution in [1.29, 1.82) is 0 Å². The van der Waals surface area contributed by atoms with Gasteiger partial charge in [-0.25, -0.2) is 9.80 Å². The summed E-state index contributed by atoms with van der Waals surface area (Å²) in [7, 11) is 0. The van der Waals surface area contributed by atoms with E-state index in [4.69, 9.17) is 14.2 Å². The maximum atomic E-state index is 13.7. The van der Waals surface area contributed by atoms with Crippen molar-refractivity contribution in [3.63, 3.8) is 0 Å². The molecule has 18 heteroatoms. The molecule has 0 spiro atoms. The molecular weight excluding hydrogens is 698 g/mol. The number of carboxylic acids is 1. The van der Waals surface area contributed by atoms with Crippen LogP contribution in [-0.2, 0) is 59.2 Å². The molecule has 0 heterocycles. The molecular formula is C35H51N5O13. The molecule has 0 aliphatic carbocycles. The third-order valence-corrected chi connectivity index (χ3v) is 6.63. The number of rotatable bonds is 17. The van der Waals surface area contributed by atoms with Gasteiger partial charge in [-0.3, -0.25) is 43.8 Å². The zero-order valence-electron chi connectivity index (χ0n) is 31.5. The zero-order chi connectivity index (χ0) is 40.7. The van der Waals surface area contributed by atoms with Gasteiger partial charge in [-0.2, -0.15) is 0 Å². The lowest BCUT2D eigenvalue weighted by Crippen LogP contribution is -2.60. The Morgan fingerprint density at radius 3 is 1.81 bits per heavy atom. The minimum absolute atomic E-state index is 0.172. The van der Waals surface area contributed by atoms with E-state index in [9.17, 15) is 48.3 Å². The van der Waals surface area contributed by atoms with E-state index in [0.29, 0.717) is 5.56 Å². The van der Waals surface area contributed by atoms with Crippen LogP contribution in [0.4, 0.5) is 4.79 Å². The molecule has 0 saturated carbocycles. The molecule has 0 saturated heterocycles. The van der Waals surface area contributed by atoms with Crippen molar-refractivity contribution in [2.75, 3.05) is 6.54 Å². The molecule has 294 valence electrons. The van der Waals surface area contributed by atoms with E-state index in [0.717, 1.165) is 6.92 Å². The summed E-state index contributed by atoms with van der Waals surface area (Å²) in [5, 5.41) is 16.6. The molecule has 0 aromatic heterocycles. The molecule has 1 rings (SSSR count). The number of ether oxygens (including phenoxy) is 3. The van der Waals surface area contributed by atoms with E-state index >= 15 is 0 Å². The lowest BCUT2D eigenvalue weighted by atomic mass is 10.0. The number of nitrogens with one attached hydrogen (secondary N) is 4. The van der Waals surface area contributed by atoms with Crippen LogP contribution < -0.4 is 21.4 Å². The number of carboxylic acid groups (broad SMARTS) is 1. The van der Waals surface area contributed by atoms with Gasteiger partial charge in [-0.15, -0.1) is 0 Å². The Morgan fingerprint density at radius 1 is 0.755 bits per heavy atom. The molecule has 0 aliphatic heterocycles. The highest BCUT2D eigenvalue weighted by molar-refractivity contribution is 6.35. The number of hydrazine groups is 1. The van der Waals surface area contributed by atoms with E-state index in [1.807, 2.05) is 5.43 Å². The maximum Gasteiger partial charge on any atom is 0.408 e. The van der Waals surface area contributed by atoms with Gasteiger partial charge in [0.25, 0.3) is 5.91 Å². The standard InChI is InChI=1S/C35H51N5O13/c1-20(2)28(31(48)39-40(18-25(42)43)32(49)21(3)41)38-29(46)23(15-16-26(44)52-34(4,5)6)36-30(47)24(17-27(45)53-35(7,8)9)37-33(50)51-19-22-13-11-10-12-14-22/h10-14,20,23-24,28H,15-19H2,1-9H3,(H,36,47)(H,37,50)(H,38,46)(H,39,48)(H,42,43). The fraction of sp³-hybridized carbons (Fsp3) is 0.571. The monoisotopic (exact) mass is 749 g/mol. The van der Waals surface area contributed by atoms with Crippen molar-refractivity contribution < 1.29 is 62.5 Å². The number of carbonyl (C=O) groups is 9. The van der Waals surface area contributed by atoms with Gasteiger partial charge in [0, 0.05) is 13.3 Å². The number of esters is 2. The number of carbonyl (C=O) groups excluding carboxylic acids is 8. The summed E-state index contributed by atoms with van der Waals surface area (Å²) in [5.74, 6) is -9.41. The number of ketones is 1. The fourth-order valence-electron chi connectivity index (χ4n) is 4.34. The first-order chi connectivity index (χ1) is 24.4. The Bertz CT molecular complexity index is 1500. The zero-order valence-corrected chi connectivity index (χ0v) is 31.5. The van der Waals surface area contributed by atoms with Gasteiger partial charge < -0.3 is 35.3 Å². The van der Waals surface area contributed by atoms with E-state index in [1.54, 1.807) is 71.9 Å². The van der Waals surface area contributed by atoms with Gasteiger partial charge in [-0.05, 0) is 59.4 Å². The van der Waals surface area contributed by atoms with Crippen LogP contribution in [0, 0.1) is 5.92 Å². The summed E-state index contributed by atoms with van der Waals surface area (Å²) in [4.78, 5) is 114. The number of benzene rings is 1. The van der Waals surface area contributed by atoms with E-state index in [1.165, 1.54) is 13.8 Å². The first kappa shape index (κ1) is 45.5. The van der Waals surface area contributed by atoms with E-state index < -0.39 is 108 Å². The Kier molecular flexibility index (Phi) is 17.6. The van der Waals surface area contributed by atoms with Gasteiger partial charge in [0.1, 0.15) is 42.5 Å². The molecule has 5 amide bonds. The molecule has 53 heavy (non-hydrogen) atoms. The van der Waals surface area contributed by atoms with Crippen molar-refractivity contribution >= 4 is 53.4 Å². The number of aliphatic carboxylic acids is 1. The molecule has 1 aromatic rings. The Morgan fingerprint density at radius 2 is 1.30 bits per heavy atom. The molecule has 0 fully saturated rings. The molecule has 3 atom stereocenters. The lowest BCUT2D eigenvalue weighted by Gasteiger charge is -2.29. The van der Waals surface area contributed by atoms with Crippen LogP contribution in [0.15, 0.2) is 30.3 Å². The van der Waals surface area contributed by atoms with Crippen molar-refractivity contribution in [3.8, 4) is 0 Å². The van der Waals surface area contributed by atoms with Gasteiger partial charge >= 0.3 is 29.9 Å². The summed E-state index contributed by atoms with van der Waals surface area (Å²) in [6.45, 7) is 12.3. The summed E-state index contributed by atoms with van der Waals surface area (Å²) in [6.07, 6.45) is -2.55. The Balaban J connectivity index is 3.38. The summed E-state index contributed by atoms with van der Waals surface area (Å²) in [6, 6.07) is 3.91. The van der Waals surface area contributed by atoms with Crippen LogP contribution in [0.25, 0.3) is 0 Å². The molecule has 1 aromatic carbocycles. The van der Waals surface area contributed by atoms with Crippen LogP contribution in [0.3, 0.4) is 0 Å². The molecule has 3 unspecified atom stereocenters. The summed E-state index contributed by atoms with van der Waals surface area (Å²) in [5.41, 5.74) is 0.821. The molecule has 0 aliphatic rings. The minimum Gasteiger partial charge on any atom is -0.480 e. The van der Waals surface area contributed by atoms with Crippen LogP contribution in [0.2, 0.25) is 0 Å². The second-order valence-corrected chi connectivity index (χ2v) is 14.3. The number of nitrogens with zero attached hydrogens (tertiary/aromatic N) is 1. The average molecular weight is 750 g/mol. The topological polar surface area (TPSA) is 253 Å². The predicted molar refractivity (Wildman–Crippen MR) is 186 cm³/mol. The minimum atomic E-state index is -1.64. The molecule has 5 N–H and O–H groups in total. The second kappa shape index (κ2) is 20.5. The summed E-state index contributed by atoms with van der Waals surface area (Å²) < 4.78 is 15.8. The molecule has 18 nitrogen and oxygen atoms in total. The number of alkyl carbamates (subject to hydrolysis) is 1. The van der Waals surface area contributed by atoms with E-state index in [2.05, 4.69) is 16.0 Å². The van der Waals surface area contributed by atoms with Crippen LogP contribution in [-0.4, -0.2) is 99.4 Å². The first-order valence-corrected chi connectivity index (χ1v) is 16.7. The third-order valence-electron chi connectivity index (χ3n) is 6.63. The van der Waals surface area contributed by atoms with Crippen molar-refractivity contribution in [1.82, 2.24) is 26.4 Å². The van der Waals surface area contributed by atoms with Gasteiger partial charge in [0.2, 0.25) is 17.6 Å². The van der Waals surface area contributed by atoms with E-state index in [-0.39, 0.29) is 18.0 Å². The van der Waals surface area contributed by atoms with Crippen LogP contribution in [0.5, 0.6) is 0 Å². The number of Topliss-reactive ketones (excluding diaryl/α,β-unsaturated/α-hetero) is 1. The highest BCUT2D eigenvalue weighted by atomic mass is 16.6. The smallest absolute Gasteiger partial charge is 0.408 e. The van der Waals surface area contributed by atoms with Gasteiger partial charge in [-0.1, -0.05) is 44.2 Å². The first-order valence-electron chi connectivity index (χ1n) is 16.7. The van der Waals surface area contributed by atoms with Crippen LogP contribution >= 0.6 is 0 Å². The number of hydrogen-bond donors (Lipinski definition) is 5. The Hall–Kier alpha value is -5.55. The highest BCUT2D eigenvalue weighted by Crippen LogP contribution is 2.13. The number of hydrogen-bond acceptors (Lipinski definition) is 12. The van der Waals surface area contributed by atoms with Crippen molar-refractivity contribution in [2.45, 2.75) is 118 Å². The normalized spacial score (nSPS) is 12.9. The molecule has 0 bridgehead atoms. The van der Waals surface area contributed by atoms with Gasteiger partial charge in [0.15, 0.2) is 0 Å². The lowest BCUT2D eigenvalue weighted by molar-refractivity contribution is -0.156. The largest absolute Gasteiger partial charge is 0.480 e. The predicted octanol–water partition coefficient (Wildman–Crippen LogP) is 1.29. The number of amides is 5.